The van der Waals surface area contributed by atoms with Crippen molar-refractivity contribution < 1.29 is 24.9 Å². The minimum absolute atomic E-state index is 0.0400. The molecule has 0 bridgehead atoms. The van der Waals surface area contributed by atoms with E-state index in [0.29, 0.717) is 17.0 Å². The molecule has 4 atom stereocenters. The molecular weight excluding hydrogens is 342 g/mol. The van der Waals surface area contributed by atoms with Crippen molar-refractivity contribution in [2.24, 2.45) is 0 Å². The Hall–Kier alpha value is -2.01. The predicted octanol–water partition coefficient (Wildman–Crippen LogP) is -0.429. The van der Waals surface area contributed by atoms with E-state index in [1.165, 1.54) is 17.2 Å². The van der Waals surface area contributed by atoms with Crippen molar-refractivity contribution in [3.05, 3.63) is 12.7 Å². The predicted molar refractivity (Wildman–Crippen MR) is 82.7 cm³/mol. The Balaban J connectivity index is 1.87. The molecule has 1 aliphatic heterocycles. The first-order valence-corrected chi connectivity index (χ1v) is 7.77. The Kier molecular flexibility index (Phi) is 4.81. The number of anilines is 1. The van der Waals surface area contributed by atoms with Gasteiger partial charge < -0.3 is 25.4 Å². The number of carbonyl (C=O) groups is 1. The summed E-state index contributed by atoms with van der Waals surface area (Å²) in [7, 11) is 0. The normalized spacial score (nSPS) is 26.8. The van der Waals surface area contributed by atoms with Crippen molar-refractivity contribution in [2.45, 2.75) is 31.0 Å². The van der Waals surface area contributed by atoms with Crippen molar-refractivity contribution in [3.8, 4) is 0 Å². The summed E-state index contributed by atoms with van der Waals surface area (Å²) in [5.74, 6) is -0.512. The number of carboxylic acid groups (broad SMARTS) is 1. The zero-order valence-corrected chi connectivity index (χ0v) is 13.2. The monoisotopic (exact) mass is 357 g/mol. The number of aliphatic hydroxyl groups is 2. The Bertz CT molecular complexity index is 741. The van der Waals surface area contributed by atoms with Crippen LogP contribution in [0.15, 0.2) is 12.7 Å². The number of halogens is 1. The highest BCUT2D eigenvalue weighted by atomic mass is 35.5. The van der Waals surface area contributed by atoms with E-state index in [0.717, 1.165) is 0 Å². The zero-order chi connectivity index (χ0) is 17.3. The number of aliphatic hydroxyl groups excluding tert-OH is 2. The molecule has 11 heteroatoms. The van der Waals surface area contributed by atoms with E-state index in [1.54, 1.807) is 0 Å². The van der Waals surface area contributed by atoms with Gasteiger partial charge in [-0.3, -0.25) is 9.36 Å². The summed E-state index contributed by atoms with van der Waals surface area (Å²) in [4.78, 5) is 23.0. The lowest BCUT2D eigenvalue weighted by Gasteiger charge is -2.16. The van der Waals surface area contributed by atoms with E-state index >= 15 is 0 Å². The lowest BCUT2D eigenvalue weighted by molar-refractivity contribution is -0.136. The lowest BCUT2D eigenvalue weighted by atomic mass is 10.1. The van der Waals surface area contributed by atoms with Crippen LogP contribution in [0.25, 0.3) is 11.2 Å². The van der Waals surface area contributed by atoms with Crippen molar-refractivity contribution >= 4 is 34.6 Å². The zero-order valence-electron chi connectivity index (χ0n) is 12.4. The van der Waals surface area contributed by atoms with Gasteiger partial charge in [0.2, 0.25) is 0 Å². The highest BCUT2D eigenvalue weighted by Gasteiger charge is 2.43. The molecule has 24 heavy (non-hydrogen) atoms. The molecule has 1 unspecified atom stereocenters. The standard InChI is InChI=1S/C13H16ClN5O5/c14-3-6-9(22)10(23)13(24-6)19-5-18-8-11(15-2-1-7(20)21)16-4-17-12(8)19/h4-6,9-10,13,22-23H,1-3H2,(H,20,21)(H,15,16,17)/t6-,9?,10+,13-/m1/s1. The molecule has 0 aliphatic carbocycles. The van der Waals surface area contributed by atoms with Crippen molar-refractivity contribution in [3.63, 3.8) is 0 Å². The third-order valence-corrected chi connectivity index (χ3v) is 4.06. The Morgan fingerprint density at radius 2 is 2.12 bits per heavy atom. The highest BCUT2D eigenvalue weighted by molar-refractivity contribution is 6.18. The van der Waals surface area contributed by atoms with Gasteiger partial charge in [0.15, 0.2) is 23.2 Å². The first-order valence-electron chi connectivity index (χ1n) is 7.23. The van der Waals surface area contributed by atoms with Crippen LogP contribution in [0.4, 0.5) is 5.82 Å². The first kappa shape index (κ1) is 16.8. The third kappa shape index (κ3) is 3.00. The van der Waals surface area contributed by atoms with Gasteiger partial charge in [-0.25, -0.2) is 15.0 Å². The number of alkyl halides is 1. The molecule has 3 heterocycles. The van der Waals surface area contributed by atoms with E-state index < -0.39 is 30.5 Å². The summed E-state index contributed by atoms with van der Waals surface area (Å²) in [5.41, 5.74) is 0.789. The van der Waals surface area contributed by atoms with Gasteiger partial charge in [0.25, 0.3) is 0 Å². The first-order chi connectivity index (χ1) is 11.5. The molecule has 0 aromatic carbocycles. The van der Waals surface area contributed by atoms with Crippen LogP contribution in [0.3, 0.4) is 0 Å². The molecule has 0 saturated carbocycles. The summed E-state index contributed by atoms with van der Waals surface area (Å²) < 4.78 is 7.06. The van der Waals surface area contributed by atoms with Gasteiger partial charge in [-0.05, 0) is 0 Å². The highest BCUT2D eigenvalue weighted by Crippen LogP contribution is 2.32. The quantitative estimate of drug-likeness (QED) is 0.506. The van der Waals surface area contributed by atoms with Crippen LogP contribution in [0.2, 0.25) is 0 Å². The van der Waals surface area contributed by atoms with Crippen LogP contribution in [-0.2, 0) is 9.53 Å². The van der Waals surface area contributed by atoms with Gasteiger partial charge >= 0.3 is 5.97 Å². The number of aliphatic carboxylic acids is 1. The molecule has 130 valence electrons. The second-order valence-electron chi connectivity index (χ2n) is 5.32. The molecule has 1 aliphatic rings. The Labute approximate surface area is 141 Å². The summed E-state index contributed by atoms with van der Waals surface area (Å²) in [6.45, 7) is 0.184. The molecule has 10 nitrogen and oxygen atoms in total. The van der Waals surface area contributed by atoms with Gasteiger partial charge in [0, 0.05) is 6.54 Å². The van der Waals surface area contributed by atoms with Gasteiger partial charge in [-0.15, -0.1) is 11.6 Å². The second kappa shape index (κ2) is 6.85. The molecule has 2 aromatic heterocycles. The van der Waals surface area contributed by atoms with E-state index in [9.17, 15) is 15.0 Å². The average molecular weight is 358 g/mol. The molecule has 1 saturated heterocycles. The van der Waals surface area contributed by atoms with Crippen LogP contribution in [0, 0.1) is 0 Å². The summed E-state index contributed by atoms with van der Waals surface area (Å²) in [6, 6.07) is 0. The molecule has 4 N–H and O–H groups in total. The van der Waals surface area contributed by atoms with Gasteiger partial charge in [-0.2, -0.15) is 0 Å². The van der Waals surface area contributed by atoms with Crippen LogP contribution in [-0.4, -0.2) is 71.5 Å². The summed E-state index contributed by atoms with van der Waals surface area (Å²) in [5, 5.41) is 31.6. The second-order valence-corrected chi connectivity index (χ2v) is 5.63. The van der Waals surface area contributed by atoms with E-state index in [4.69, 9.17) is 21.4 Å². The van der Waals surface area contributed by atoms with Crippen LogP contribution >= 0.6 is 11.6 Å². The maximum Gasteiger partial charge on any atom is 0.305 e. The van der Waals surface area contributed by atoms with Gasteiger partial charge in [-0.1, -0.05) is 0 Å². The fourth-order valence-electron chi connectivity index (χ4n) is 2.54. The number of hydrogen-bond donors (Lipinski definition) is 4. The summed E-state index contributed by atoms with van der Waals surface area (Å²) >= 11 is 5.72. The largest absolute Gasteiger partial charge is 0.481 e. The Morgan fingerprint density at radius 1 is 1.33 bits per heavy atom. The summed E-state index contributed by atoms with van der Waals surface area (Å²) in [6.07, 6.45) is -1.22. The van der Waals surface area contributed by atoms with Crippen LogP contribution < -0.4 is 5.32 Å². The number of ether oxygens (including phenoxy) is 1. The number of imidazole rings is 1. The number of fused-ring (bicyclic) bond motifs is 1. The molecule has 2 aromatic rings. The molecule has 1 fully saturated rings. The van der Waals surface area contributed by atoms with Crippen molar-refractivity contribution in [1.29, 1.82) is 0 Å². The van der Waals surface area contributed by atoms with Gasteiger partial charge in [0.05, 0.1) is 18.6 Å². The topological polar surface area (TPSA) is 143 Å². The minimum atomic E-state index is -1.18. The van der Waals surface area contributed by atoms with E-state index in [1.807, 2.05) is 0 Å². The number of hydrogen-bond acceptors (Lipinski definition) is 8. The lowest BCUT2D eigenvalue weighted by Crippen LogP contribution is -2.32. The SMILES string of the molecule is O=C(O)CCNc1ncnc2c1ncn2[C@@H]1O[C@H](CCl)C(O)[C@@H]1O. The number of rotatable bonds is 6. The fourth-order valence-corrected chi connectivity index (χ4v) is 2.80. The van der Waals surface area contributed by atoms with E-state index in [2.05, 4.69) is 20.3 Å². The molecule has 0 spiro atoms. The number of carboxylic acids is 1. The fraction of sp³-hybridized carbons (Fsp3) is 0.538. The van der Waals surface area contributed by atoms with Crippen molar-refractivity contribution in [1.82, 2.24) is 19.5 Å². The number of nitrogens with zero attached hydrogens (tertiary/aromatic N) is 4. The Morgan fingerprint density at radius 3 is 2.79 bits per heavy atom. The molecule has 0 radical (unpaired) electrons. The van der Waals surface area contributed by atoms with Crippen LogP contribution in [0.5, 0.6) is 0 Å². The smallest absolute Gasteiger partial charge is 0.305 e. The van der Waals surface area contributed by atoms with Gasteiger partial charge in [0.1, 0.15) is 24.6 Å². The maximum atomic E-state index is 10.6. The number of aromatic nitrogens is 4. The third-order valence-electron chi connectivity index (χ3n) is 3.75. The maximum absolute atomic E-state index is 10.6. The van der Waals surface area contributed by atoms with Crippen molar-refractivity contribution in [2.75, 3.05) is 17.7 Å². The number of nitrogens with one attached hydrogen (secondary N) is 1. The molecule has 0 amide bonds. The van der Waals surface area contributed by atoms with Crippen LogP contribution in [0.1, 0.15) is 12.6 Å². The molecule has 3 rings (SSSR count). The average Bonchev–Trinajstić information content (AvgIpc) is 3.10. The van der Waals surface area contributed by atoms with E-state index in [-0.39, 0.29) is 18.8 Å². The minimum Gasteiger partial charge on any atom is -0.481 e. The molecular formula is C13H16ClN5O5.